The van der Waals surface area contributed by atoms with E-state index in [1.54, 1.807) is 11.0 Å². The normalized spacial score (nSPS) is 21.8. The molecule has 92 valence electrons. The lowest BCUT2D eigenvalue weighted by Crippen LogP contribution is -2.43. The zero-order valence-electron chi connectivity index (χ0n) is 10.2. The van der Waals surface area contributed by atoms with Gasteiger partial charge in [-0.1, -0.05) is 6.08 Å². The summed E-state index contributed by atoms with van der Waals surface area (Å²) in [5.74, 6) is 0.0674. The highest BCUT2D eigenvalue weighted by molar-refractivity contribution is 5.80. The Bertz CT molecular complexity index is 237. The summed E-state index contributed by atoms with van der Waals surface area (Å²) in [6.45, 7) is 7.87. The Morgan fingerprint density at radius 3 is 3.06 bits per heavy atom. The molecule has 0 bridgehead atoms. The summed E-state index contributed by atoms with van der Waals surface area (Å²) in [5.41, 5.74) is 0. The summed E-state index contributed by atoms with van der Waals surface area (Å²) in [6, 6.07) is 0.318. The highest BCUT2D eigenvalue weighted by Gasteiger charge is 2.26. The van der Waals surface area contributed by atoms with Gasteiger partial charge < -0.3 is 15.0 Å². The van der Waals surface area contributed by atoms with E-state index in [1.165, 1.54) is 0 Å². The Hall–Kier alpha value is -0.870. The van der Waals surface area contributed by atoms with E-state index in [1.807, 2.05) is 14.0 Å². The van der Waals surface area contributed by atoms with E-state index >= 15 is 0 Å². The number of nitrogens with one attached hydrogen (secondary N) is 1. The van der Waals surface area contributed by atoms with Crippen molar-refractivity contribution >= 4 is 5.91 Å². The fraction of sp³-hybridized carbons (Fsp3) is 0.750. The van der Waals surface area contributed by atoms with Gasteiger partial charge in [0, 0.05) is 19.6 Å². The predicted molar refractivity (Wildman–Crippen MR) is 64.3 cm³/mol. The summed E-state index contributed by atoms with van der Waals surface area (Å²) in [6.07, 6.45) is 3.25. The third kappa shape index (κ3) is 3.61. The fourth-order valence-electron chi connectivity index (χ4n) is 1.84. The molecular formula is C12H22N2O2. The van der Waals surface area contributed by atoms with Crippen LogP contribution in [0.2, 0.25) is 0 Å². The second-order valence-electron chi connectivity index (χ2n) is 4.19. The summed E-state index contributed by atoms with van der Waals surface area (Å²) in [5, 5.41) is 3.25. The average Bonchev–Trinajstić information content (AvgIpc) is 2.80. The van der Waals surface area contributed by atoms with Crippen molar-refractivity contribution in [2.45, 2.75) is 31.9 Å². The number of ether oxygens (including phenoxy) is 1. The van der Waals surface area contributed by atoms with Crippen LogP contribution in [0.3, 0.4) is 0 Å². The van der Waals surface area contributed by atoms with E-state index < -0.39 is 0 Å². The number of amides is 1. The van der Waals surface area contributed by atoms with Crippen molar-refractivity contribution in [1.82, 2.24) is 10.2 Å². The van der Waals surface area contributed by atoms with Gasteiger partial charge >= 0.3 is 0 Å². The average molecular weight is 226 g/mol. The molecular weight excluding hydrogens is 204 g/mol. The molecule has 1 saturated heterocycles. The molecule has 1 aliphatic heterocycles. The molecule has 0 radical (unpaired) electrons. The Morgan fingerprint density at radius 1 is 1.75 bits per heavy atom. The first-order valence-corrected chi connectivity index (χ1v) is 5.86. The summed E-state index contributed by atoms with van der Waals surface area (Å²) < 4.78 is 5.44. The van der Waals surface area contributed by atoms with Gasteiger partial charge in [0.15, 0.2) is 0 Å². The first-order valence-electron chi connectivity index (χ1n) is 5.86. The van der Waals surface area contributed by atoms with Crippen LogP contribution >= 0.6 is 0 Å². The van der Waals surface area contributed by atoms with Gasteiger partial charge in [-0.15, -0.1) is 6.58 Å². The smallest absolute Gasteiger partial charge is 0.251 e. The Kier molecular flexibility index (Phi) is 5.49. The number of carbonyl (C=O) groups excluding carboxylic acids is 1. The third-order valence-corrected chi connectivity index (χ3v) is 2.97. The van der Waals surface area contributed by atoms with Gasteiger partial charge in [-0.3, -0.25) is 4.79 Å². The SMILES string of the molecule is C=CCCOC(C)C(=O)N(C)C1CCNC1. The van der Waals surface area contributed by atoms with Crippen LogP contribution in [0.25, 0.3) is 0 Å². The molecule has 2 unspecified atom stereocenters. The van der Waals surface area contributed by atoms with Crippen LogP contribution in [0.5, 0.6) is 0 Å². The van der Waals surface area contributed by atoms with E-state index in [4.69, 9.17) is 4.74 Å². The van der Waals surface area contributed by atoms with E-state index in [-0.39, 0.29) is 12.0 Å². The zero-order chi connectivity index (χ0) is 12.0. The van der Waals surface area contributed by atoms with E-state index in [9.17, 15) is 4.79 Å². The minimum absolute atomic E-state index is 0.0674. The second kappa shape index (κ2) is 6.66. The molecule has 2 atom stereocenters. The number of hydrogen-bond acceptors (Lipinski definition) is 3. The number of likely N-dealkylation sites (N-methyl/N-ethyl adjacent to an activating group) is 1. The lowest BCUT2D eigenvalue weighted by Gasteiger charge is -2.26. The molecule has 0 aromatic carbocycles. The first kappa shape index (κ1) is 13.2. The lowest BCUT2D eigenvalue weighted by molar-refractivity contribution is -0.143. The molecule has 0 aromatic rings. The second-order valence-corrected chi connectivity index (χ2v) is 4.19. The molecule has 1 fully saturated rings. The largest absolute Gasteiger partial charge is 0.368 e. The maximum absolute atomic E-state index is 12.0. The highest BCUT2D eigenvalue weighted by Crippen LogP contribution is 2.09. The van der Waals surface area contributed by atoms with Crippen molar-refractivity contribution in [2.24, 2.45) is 0 Å². The molecule has 0 aromatic heterocycles. The van der Waals surface area contributed by atoms with Crippen LogP contribution in [-0.4, -0.2) is 49.7 Å². The van der Waals surface area contributed by atoms with E-state index in [0.29, 0.717) is 12.6 Å². The van der Waals surface area contributed by atoms with Gasteiger partial charge in [0.2, 0.25) is 0 Å². The van der Waals surface area contributed by atoms with Crippen molar-refractivity contribution < 1.29 is 9.53 Å². The monoisotopic (exact) mass is 226 g/mol. The third-order valence-electron chi connectivity index (χ3n) is 2.97. The molecule has 0 saturated carbocycles. The van der Waals surface area contributed by atoms with Crippen LogP contribution in [0, 0.1) is 0 Å². The first-order chi connectivity index (χ1) is 7.66. The van der Waals surface area contributed by atoms with Crippen LogP contribution in [0.15, 0.2) is 12.7 Å². The van der Waals surface area contributed by atoms with Crippen molar-refractivity contribution in [3.05, 3.63) is 12.7 Å². The maximum Gasteiger partial charge on any atom is 0.251 e. The predicted octanol–water partition coefficient (Wildman–Crippen LogP) is 0.788. The van der Waals surface area contributed by atoms with E-state index in [0.717, 1.165) is 25.9 Å². The molecule has 4 heteroatoms. The van der Waals surface area contributed by atoms with Gasteiger partial charge in [0.05, 0.1) is 6.61 Å². The topological polar surface area (TPSA) is 41.6 Å². The van der Waals surface area contributed by atoms with Crippen molar-refractivity contribution in [3.63, 3.8) is 0 Å². The zero-order valence-corrected chi connectivity index (χ0v) is 10.2. The van der Waals surface area contributed by atoms with Gasteiger partial charge in [-0.2, -0.15) is 0 Å². The van der Waals surface area contributed by atoms with Gasteiger partial charge in [-0.25, -0.2) is 0 Å². The van der Waals surface area contributed by atoms with Crippen LogP contribution in [-0.2, 0) is 9.53 Å². The molecule has 0 spiro atoms. The Morgan fingerprint density at radius 2 is 2.50 bits per heavy atom. The van der Waals surface area contributed by atoms with Crippen LogP contribution in [0.4, 0.5) is 0 Å². The summed E-state index contributed by atoms with van der Waals surface area (Å²) in [7, 11) is 1.85. The van der Waals surface area contributed by atoms with Crippen molar-refractivity contribution in [1.29, 1.82) is 0 Å². The number of nitrogens with zero attached hydrogens (tertiary/aromatic N) is 1. The standard InChI is InChI=1S/C12H22N2O2/c1-4-5-8-16-10(2)12(15)14(3)11-6-7-13-9-11/h4,10-11,13H,1,5-9H2,2-3H3. The van der Waals surface area contributed by atoms with Gasteiger partial charge in [0.25, 0.3) is 5.91 Å². The van der Waals surface area contributed by atoms with Crippen molar-refractivity contribution in [2.75, 3.05) is 26.7 Å². The molecule has 1 N–H and O–H groups in total. The van der Waals surface area contributed by atoms with Crippen LogP contribution in [0.1, 0.15) is 19.8 Å². The van der Waals surface area contributed by atoms with Gasteiger partial charge in [-0.05, 0) is 26.3 Å². The summed E-state index contributed by atoms with van der Waals surface area (Å²) >= 11 is 0. The van der Waals surface area contributed by atoms with Crippen molar-refractivity contribution in [3.8, 4) is 0 Å². The Balaban J connectivity index is 2.33. The molecule has 0 aliphatic carbocycles. The summed E-state index contributed by atoms with van der Waals surface area (Å²) in [4.78, 5) is 13.8. The molecule has 1 rings (SSSR count). The number of carbonyl (C=O) groups is 1. The minimum Gasteiger partial charge on any atom is -0.368 e. The fourth-order valence-corrected chi connectivity index (χ4v) is 1.84. The van der Waals surface area contributed by atoms with Crippen LogP contribution < -0.4 is 5.32 Å². The maximum atomic E-state index is 12.0. The minimum atomic E-state index is -0.356. The quantitative estimate of drug-likeness (QED) is 0.538. The molecule has 4 nitrogen and oxygen atoms in total. The molecule has 16 heavy (non-hydrogen) atoms. The van der Waals surface area contributed by atoms with E-state index in [2.05, 4.69) is 11.9 Å². The highest BCUT2D eigenvalue weighted by atomic mass is 16.5. The molecule has 1 amide bonds. The number of hydrogen-bond donors (Lipinski definition) is 1. The number of rotatable bonds is 6. The van der Waals surface area contributed by atoms with Gasteiger partial charge in [0.1, 0.15) is 6.10 Å². The lowest BCUT2D eigenvalue weighted by atomic mass is 10.2. The molecule has 1 aliphatic rings. The molecule has 1 heterocycles. The Labute approximate surface area is 97.6 Å².